The molecule has 1 N–H and O–H groups in total. The third-order valence-corrected chi connectivity index (χ3v) is 1.88. The van der Waals surface area contributed by atoms with Crippen molar-refractivity contribution in [3.05, 3.63) is 33.9 Å². The molecule has 6 nitrogen and oxygen atoms in total. The van der Waals surface area contributed by atoms with Gasteiger partial charge < -0.3 is 15.1 Å². The lowest BCUT2D eigenvalue weighted by Crippen LogP contribution is -2.30. The zero-order valence-corrected chi connectivity index (χ0v) is 9.14. The fraction of sp³-hybridized carbons (Fsp3) is 0.222. The molecule has 0 aliphatic carbocycles. The summed E-state index contributed by atoms with van der Waals surface area (Å²) in [6.45, 7) is 1.76. The number of aliphatic hydroxyl groups is 1. The van der Waals surface area contributed by atoms with Gasteiger partial charge in [-0.25, -0.2) is 4.79 Å². The van der Waals surface area contributed by atoms with E-state index in [-0.39, 0.29) is 22.2 Å². The Morgan fingerprint density at radius 3 is 3.06 bits per heavy atom. The molecule has 0 spiro atoms. The number of carbonyl (C=O) groups excluding carboxylic acids is 1. The van der Waals surface area contributed by atoms with Crippen LogP contribution >= 0.6 is 11.6 Å². The highest BCUT2D eigenvalue weighted by Crippen LogP contribution is 2.13. The average Bonchev–Trinajstić information content (AvgIpc) is 2.22. The average molecular weight is 245 g/mol. The summed E-state index contributed by atoms with van der Waals surface area (Å²) in [5, 5.41) is 23.3. The molecule has 0 saturated carbocycles. The summed E-state index contributed by atoms with van der Waals surface area (Å²) in [4.78, 5) is 11.3. The Balaban J connectivity index is 2.94. The van der Waals surface area contributed by atoms with Crippen LogP contribution in [0.25, 0.3) is 6.08 Å². The standard InChI is InChI=1S/C9H9ClN2O4/c1-2-16-9(14)7(13)5-6-3-4-12(15)11-8(6)10/h3-5,13H,2H2,1H3/b7-5-. The SMILES string of the molecule is CCOC(=O)/C(O)=C/c1cc[n+]([O-])nc1Cl. The largest absolute Gasteiger partial charge is 0.594 e. The molecule has 7 heteroatoms. The number of hydrogen-bond acceptors (Lipinski definition) is 5. The van der Waals surface area contributed by atoms with E-state index in [2.05, 4.69) is 9.84 Å². The van der Waals surface area contributed by atoms with Gasteiger partial charge in [0.25, 0.3) is 0 Å². The van der Waals surface area contributed by atoms with E-state index in [0.29, 0.717) is 0 Å². The van der Waals surface area contributed by atoms with E-state index < -0.39 is 11.7 Å². The van der Waals surface area contributed by atoms with Crippen LogP contribution in [0.3, 0.4) is 0 Å². The van der Waals surface area contributed by atoms with E-state index in [1.165, 1.54) is 6.07 Å². The Morgan fingerprint density at radius 1 is 1.81 bits per heavy atom. The minimum Gasteiger partial charge on any atom is -0.594 e. The summed E-state index contributed by atoms with van der Waals surface area (Å²) in [7, 11) is 0. The number of hydrogen-bond donors (Lipinski definition) is 1. The van der Waals surface area contributed by atoms with Crippen LogP contribution in [0.1, 0.15) is 12.5 Å². The van der Waals surface area contributed by atoms with Gasteiger partial charge in [0.05, 0.1) is 6.61 Å². The minimum absolute atomic E-state index is 0.117. The number of rotatable bonds is 3. The summed E-state index contributed by atoms with van der Waals surface area (Å²) in [6.07, 6.45) is 2.17. The summed E-state index contributed by atoms with van der Waals surface area (Å²) >= 11 is 5.62. The maximum Gasteiger partial charge on any atom is 0.373 e. The second-order valence-corrected chi connectivity index (χ2v) is 3.07. The van der Waals surface area contributed by atoms with E-state index in [1.54, 1.807) is 6.92 Å². The van der Waals surface area contributed by atoms with Gasteiger partial charge in [-0.2, -0.15) is 0 Å². The van der Waals surface area contributed by atoms with Crippen molar-refractivity contribution in [2.45, 2.75) is 6.92 Å². The zero-order chi connectivity index (χ0) is 12.1. The minimum atomic E-state index is -0.864. The van der Waals surface area contributed by atoms with Gasteiger partial charge in [0.2, 0.25) is 17.1 Å². The Hall–Kier alpha value is -1.82. The van der Waals surface area contributed by atoms with Crippen molar-refractivity contribution in [2.24, 2.45) is 0 Å². The number of halogens is 1. The molecule has 0 radical (unpaired) electrons. The molecule has 0 aromatic carbocycles. The van der Waals surface area contributed by atoms with Crippen LogP contribution in [0.5, 0.6) is 0 Å². The van der Waals surface area contributed by atoms with Crippen molar-refractivity contribution in [3.8, 4) is 0 Å². The van der Waals surface area contributed by atoms with Crippen molar-refractivity contribution in [3.63, 3.8) is 0 Å². The van der Waals surface area contributed by atoms with Crippen LogP contribution in [0, 0.1) is 5.21 Å². The van der Waals surface area contributed by atoms with Crippen molar-refractivity contribution in [2.75, 3.05) is 6.61 Å². The normalized spacial score (nSPS) is 11.2. The molecule has 86 valence electrons. The first-order chi connectivity index (χ1) is 7.54. The van der Waals surface area contributed by atoms with E-state index in [4.69, 9.17) is 11.6 Å². The molecule has 0 amide bonds. The molecule has 16 heavy (non-hydrogen) atoms. The fourth-order valence-electron chi connectivity index (χ4n) is 0.909. The van der Waals surface area contributed by atoms with Crippen LogP contribution < -0.4 is 4.85 Å². The Labute approximate surface area is 96.3 Å². The molecule has 0 bridgehead atoms. The van der Waals surface area contributed by atoms with Crippen molar-refractivity contribution in [1.29, 1.82) is 0 Å². The molecular weight excluding hydrogens is 236 g/mol. The van der Waals surface area contributed by atoms with Gasteiger partial charge in [0.15, 0.2) is 0 Å². The number of aliphatic hydroxyl groups excluding tert-OH is 1. The highest BCUT2D eigenvalue weighted by molar-refractivity contribution is 6.30. The number of ether oxygens (including phenoxy) is 1. The molecule has 0 atom stereocenters. The first kappa shape index (κ1) is 12.3. The van der Waals surface area contributed by atoms with Crippen LogP contribution in [-0.4, -0.2) is 22.8 Å². The molecule has 0 aliphatic heterocycles. The van der Waals surface area contributed by atoms with E-state index >= 15 is 0 Å². The molecular formula is C9H9ClN2O4. The second kappa shape index (κ2) is 5.32. The lowest BCUT2D eigenvalue weighted by Gasteiger charge is -2.00. The number of esters is 1. The summed E-state index contributed by atoms with van der Waals surface area (Å²) < 4.78 is 4.55. The molecule has 1 heterocycles. The summed E-state index contributed by atoms with van der Waals surface area (Å²) in [5.74, 6) is -1.47. The van der Waals surface area contributed by atoms with Crippen molar-refractivity contribution < 1.29 is 19.5 Å². The fourth-order valence-corrected chi connectivity index (χ4v) is 1.10. The first-order valence-corrected chi connectivity index (χ1v) is 4.76. The molecule has 0 saturated heterocycles. The van der Waals surface area contributed by atoms with Crippen LogP contribution in [0.4, 0.5) is 0 Å². The zero-order valence-electron chi connectivity index (χ0n) is 8.38. The van der Waals surface area contributed by atoms with E-state index in [9.17, 15) is 15.1 Å². The Kier molecular flexibility index (Phi) is 4.07. The lowest BCUT2D eigenvalue weighted by atomic mass is 10.2. The van der Waals surface area contributed by atoms with Crippen molar-refractivity contribution >= 4 is 23.6 Å². The third kappa shape index (κ3) is 3.09. The predicted molar refractivity (Wildman–Crippen MR) is 55.4 cm³/mol. The van der Waals surface area contributed by atoms with Gasteiger partial charge in [0, 0.05) is 16.7 Å². The van der Waals surface area contributed by atoms with Gasteiger partial charge in [0.1, 0.15) is 0 Å². The summed E-state index contributed by atoms with van der Waals surface area (Å²) in [6, 6.07) is 1.32. The van der Waals surface area contributed by atoms with Crippen LogP contribution in [0.2, 0.25) is 5.15 Å². The van der Waals surface area contributed by atoms with Gasteiger partial charge in [-0.1, -0.05) is 16.4 Å². The highest BCUT2D eigenvalue weighted by Gasteiger charge is 2.11. The van der Waals surface area contributed by atoms with Crippen molar-refractivity contribution in [1.82, 2.24) is 5.10 Å². The molecule has 1 aromatic heterocycles. The van der Waals surface area contributed by atoms with Gasteiger partial charge in [-0.15, -0.1) is 0 Å². The smallest absolute Gasteiger partial charge is 0.373 e. The maximum atomic E-state index is 11.1. The molecule has 0 fully saturated rings. The molecule has 1 rings (SSSR count). The van der Waals surface area contributed by atoms with E-state index in [1.807, 2.05) is 0 Å². The number of carbonyl (C=O) groups is 1. The number of nitrogens with zero attached hydrogens (tertiary/aromatic N) is 2. The predicted octanol–water partition coefficient (Wildman–Crippen LogP) is 0.830. The Bertz CT molecular complexity index is 434. The number of aromatic nitrogens is 2. The van der Waals surface area contributed by atoms with Gasteiger partial charge >= 0.3 is 5.97 Å². The van der Waals surface area contributed by atoms with Crippen LogP contribution in [-0.2, 0) is 9.53 Å². The highest BCUT2D eigenvalue weighted by atomic mass is 35.5. The van der Waals surface area contributed by atoms with Gasteiger partial charge in [-0.05, 0) is 13.0 Å². The van der Waals surface area contributed by atoms with Crippen LogP contribution in [0.15, 0.2) is 18.0 Å². The van der Waals surface area contributed by atoms with E-state index in [0.717, 1.165) is 12.3 Å². The topological polar surface area (TPSA) is 86.4 Å². The maximum absolute atomic E-state index is 11.1. The van der Waals surface area contributed by atoms with Gasteiger partial charge in [-0.3, -0.25) is 0 Å². The monoisotopic (exact) mass is 244 g/mol. The third-order valence-electron chi connectivity index (χ3n) is 1.58. The lowest BCUT2D eigenvalue weighted by molar-refractivity contribution is -0.669. The second-order valence-electron chi connectivity index (χ2n) is 2.71. The first-order valence-electron chi connectivity index (χ1n) is 4.38. The molecule has 1 aromatic rings. The summed E-state index contributed by atoms with van der Waals surface area (Å²) in [5.41, 5.74) is 0.249. The Morgan fingerprint density at radius 2 is 2.50 bits per heavy atom. The molecule has 0 aliphatic rings. The molecule has 0 unspecified atom stereocenters. The quantitative estimate of drug-likeness (QED) is 0.280.